The highest BCUT2D eigenvalue weighted by Gasteiger charge is 2.16. The molecular formula is C17H22N6O. The zero-order chi connectivity index (χ0) is 16.8. The van der Waals surface area contributed by atoms with Crippen LogP contribution in [0.2, 0.25) is 0 Å². The lowest BCUT2D eigenvalue weighted by Gasteiger charge is -2.24. The molecule has 0 aliphatic heterocycles. The Balaban J connectivity index is 1.63. The molecular weight excluding hydrogens is 304 g/mol. The van der Waals surface area contributed by atoms with Crippen LogP contribution in [0.5, 0.6) is 0 Å². The van der Waals surface area contributed by atoms with Crippen LogP contribution in [0, 0.1) is 0 Å². The molecule has 1 aliphatic rings. The number of nitrogens with zero attached hydrogens (tertiary/aromatic N) is 2. The SMILES string of the molecule is Nc1c(NNC(=O)c2ccccc2)ncnc1NC1CCCCC1. The van der Waals surface area contributed by atoms with E-state index in [1.165, 1.54) is 25.6 Å². The lowest BCUT2D eigenvalue weighted by Crippen LogP contribution is -2.30. The summed E-state index contributed by atoms with van der Waals surface area (Å²) in [4.78, 5) is 20.4. The highest BCUT2D eigenvalue weighted by molar-refractivity contribution is 5.95. The van der Waals surface area contributed by atoms with Gasteiger partial charge in [-0.2, -0.15) is 0 Å². The second kappa shape index (κ2) is 7.63. The van der Waals surface area contributed by atoms with E-state index in [2.05, 4.69) is 26.1 Å². The molecule has 7 nitrogen and oxygen atoms in total. The standard InChI is InChI=1S/C17H22N6O/c18-14-15(21-13-9-5-2-6-10-13)19-11-20-16(14)22-23-17(24)12-7-3-1-4-8-12/h1,3-4,7-8,11,13H,2,5-6,9-10,18H2,(H,23,24)(H2,19,20,21,22). The summed E-state index contributed by atoms with van der Waals surface area (Å²) in [6.45, 7) is 0. The average Bonchev–Trinajstić information content (AvgIpc) is 2.64. The summed E-state index contributed by atoms with van der Waals surface area (Å²) >= 11 is 0. The van der Waals surface area contributed by atoms with Gasteiger partial charge >= 0.3 is 0 Å². The molecule has 1 amide bonds. The molecule has 1 aromatic carbocycles. The summed E-state index contributed by atoms with van der Waals surface area (Å²) in [6.07, 6.45) is 7.41. The zero-order valence-corrected chi connectivity index (χ0v) is 13.5. The molecule has 0 saturated heterocycles. The third-order valence-corrected chi connectivity index (χ3v) is 4.16. The van der Waals surface area contributed by atoms with Crippen LogP contribution in [-0.2, 0) is 0 Å². The van der Waals surface area contributed by atoms with Crippen LogP contribution in [0.25, 0.3) is 0 Å². The lowest BCUT2D eigenvalue weighted by atomic mass is 9.95. The number of nitrogen functional groups attached to an aromatic ring is 1. The maximum absolute atomic E-state index is 12.1. The number of carbonyl (C=O) groups excluding carboxylic acids is 1. The number of hydrogen-bond donors (Lipinski definition) is 4. The molecule has 3 rings (SSSR count). The van der Waals surface area contributed by atoms with Gasteiger partial charge in [0.2, 0.25) is 0 Å². The molecule has 5 N–H and O–H groups in total. The molecule has 1 fully saturated rings. The minimum atomic E-state index is -0.254. The van der Waals surface area contributed by atoms with Crippen molar-refractivity contribution in [3.63, 3.8) is 0 Å². The largest absolute Gasteiger partial charge is 0.393 e. The van der Waals surface area contributed by atoms with Gasteiger partial charge in [-0.25, -0.2) is 9.97 Å². The van der Waals surface area contributed by atoms with Crippen molar-refractivity contribution in [1.29, 1.82) is 0 Å². The Kier molecular flexibility index (Phi) is 5.10. The average molecular weight is 326 g/mol. The molecule has 24 heavy (non-hydrogen) atoms. The minimum absolute atomic E-state index is 0.254. The summed E-state index contributed by atoms with van der Waals surface area (Å²) < 4.78 is 0. The molecule has 0 atom stereocenters. The molecule has 2 aromatic rings. The monoisotopic (exact) mass is 326 g/mol. The third kappa shape index (κ3) is 3.92. The smallest absolute Gasteiger partial charge is 0.269 e. The second-order valence-electron chi connectivity index (χ2n) is 5.91. The molecule has 0 spiro atoms. The Bertz CT molecular complexity index is 685. The van der Waals surface area contributed by atoms with Gasteiger partial charge in [0, 0.05) is 11.6 Å². The quantitative estimate of drug-likeness (QED) is 0.629. The minimum Gasteiger partial charge on any atom is -0.393 e. The van der Waals surface area contributed by atoms with Crippen LogP contribution in [0.15, 0.2) is 36.7 Å². The summed E-state index contributed by atoms with van der Waals surface area (Å²) in [6, 6.07) is 9.32. The van der Waals surface area contributed by atoms with Crippen molar-refractivity contribution < 1.29 is 4.79 Å². The molecule has 126 valence electrons. The Labute approximate surface area is 141 Å². The first kappa shape index (κ1) is 16.0. The summed E-state index contributed by atoms with van der Waals surface area (Å²) in [7, 11) is 0. The number of carbonyl (C=O) groups is 1. The topological polar surface area (TPSA) is 105 Å². The Morgan fingerprint density at radius 1 is 1.04 bits per heavy atom. The maximum atomic E-state index is 12.1. The van der Waals surface area contributed by atoms with Gasteiger partial charge in [0.05, 0.1) is 0 Å². The van der Waals surface area contributed by atoms with Crippen LogP contribution >= 0.6 is 0 Å². The first-order chi connectivity index (χ1) is 11.7. The zero-order valence-electron chi connectivity index (χ0n) is 13.5. The number of rotatable bonds is 5. The fraction of sp³-hybridized carbons (Fsp3) is 0.353. The van der Waals surface area contributed by atoms with E-state index >= 15 is 0 Å². The van der Waals surface area contributed by atoms with Gasteiger partial charge < -0.3 is 11.1 Å². The molecule has 1 heterocycles. The number of amides is 1. The fourth-order valence-corrected chi connectivity index (χ4v) is 2.83. The molecule has 1 aromatic heterocycles. The molecule has 1 saturated carbocycles. The van der Waals surface area contributed by atoms with Crippen molar-refractivity contribution in [3.05, 3.63) is 42.2 Å². The first-order valence-electron chi connectivity index (χ1n) is 8.22. The number of hydrogen-bond acceptors (Lipinski definition) is 6. The van der Waals surface area contributed by atoms with Gasteiger partial charge in [-0.15, -0.1) is 0 Å². The number of aromatic nitrogens is 2. The second-order valence-corrected chi connectivity index (χ2v) is 5.91. The van der Waals surface area contributed by atoms with Gasteiger partial charge in [-0.3, -0.25) is 15.6 Å². The highest BCUT2D eigenvalue weighted by Crippen LogP contribution is 2.26. The summed E-state index contributed by atoms with van der Waals surface area (Å²) in [5, 5.41) is 3.38. The van der Waals surface area contributed by atoms with Crippen molar-refractivity contribution in [2.24, 2.45) is 0 Å². The predicted molar refractivity (Wildman–Crippen MR) is 94.5 cm³/mol. The molecule has 1 aliphatic carbocycles. The molecule has 7 heteroatoms. The van der Waals surface area contributed by atoms with Crippen LogP contribution in [0.4, 0.5) is 17.3 Å². The van der Waals surface area contributed by atoms with E-state index in [0.29, 0.717) is 28.9 Å². The third-order valence-electron chi connectivity index (χ3n) is 4.16. The number of nitrogens with one attached hydrogen (secondary N) is 3. The van der Waals surface area contributed by atoms with E-state index in [1.54, 1.807) is 24.3 Å². The van der Waals surface area contributed by atoms with E-state index in [4.69, 9.17) is 5.73 Å². The summed E-state index contributed by atoms with van der Waals surface area (Å²) in [5.74, 6) is 0.733. The van der Waals surface area contributed by atoms with Crippen molar-refractivity contribution in [2.75, 3.05) is 16.5 Å². The van der Waals surface area contributed by atoms with E-state index in [9.17, 15) is 4.79 Å². The van der Waals surface area contributed by atoms with Crippen molar-refractivity contribution in [2.45, 2.75) is 38.1 Å². The Morgan fingerprint density at radius 2 is 1.75 bits per heavy atom. The number of anilines is 3. The molecule has 0 unspecified atom stereocenters. The maximum Gasteiger partial charge on any atom is 0.269 e. The van der Waals surface area contributed by atoms with Gasteiger partial charge in [-0.1, -0.05) is 37.5 Å². The summed E-state index contributed by atoms with van der Waals surface area (Å²) in [5.41, 5.74) is 12.5. The Morgan fingerprint density at radius 3 is 2.50 bits per heavy atom. The lowest BCUT2D eigenvalue weighted by molar-refractivity contribution is 0.0962. The van der Waals surface area contributed by atoms with E-state index < -0.39 is 0 Å². The first-order valence-corrected chi connectivity index (χ1v) is 8.22. The Hall–Kier alpha value is -2.83. The van der Waals surface area contributed by atoms with Crippen molar-refractivity contribution in [3.8, 4) is 0 Å². The molecule has 0 bridgehead atoms. The van der Waals surface area contributed by atoms with Crippen LogP contribution in [0.3, 0.4) is 0 Å². The normalized spacial score (nSPS) is 14.8. The van der Waals surface area contributed by atoms with Gasteiger partial charge in [0.15, 0.2) is 11.6 Å². The van der Waals surface area contributed by atoms with Gasteiger partial charge in [-0.05, 0) is 25.0 Å². The highest BCUT2D eigenvalue weighted by atomic mass is 16.2. The van der Waals surface area contributed by atoms with Crippen molar-refractivity contribution in [1.82, 2.24) is 15.4 Å². The van der Waals surface area contributed by atoms with Crippen LogP contribution in [-0.4, -0.2) is 21.9 Å². The predicted octanol–water partition coefficient (Wildman–Crippen LogP) is 2.56. The van der Waals surface area contributed by atoms with Gasteiger partial charge in [0.25, 0.3) is 5.91 Å². The van der Waals surface area contributed by atoms with Gasteiger partial charge in [0.1, 0.15) is 12.0 Å². The van der Waals surface area contributed by atoms with E-state index in [-0.39, 0.29) is 5.91 Å². The number of nitrogens with two attached hydrogens (primary N) is 1. The fourth-order valence-electron chi connectivity index (χ4n) is 2.83. The van der Waals surface area contributed by atoms with Crippen LogP contribution in [0.1, 0.15) is 42.5 Å². The number of benzene rings is 1. The number of hydrazine groups is 1. The molecule has 0 radical (unpaired) electrons. The van der Waals surface area contributed by atoms with E-state index in [0.717, 1.165) is 12.8 Å². The van der Waals surface area contributed by atoms with Crippen molar-refractivity contribution >= 4 is 23.2 Å². The van der Waals surface area contributed by atoms with E-state index in [1.807, 2.05) is 6.07 Å². The van der Waals surface area contributed by atoms with Crippen LogP contribution < -0.4 is 21.9 Å².